The number of hydrogen-bond acceptors (Lipinski definition) is 3. The summed E-state index contributed by atoms with van der Waals surface area (Å²) >= 11 is 6.25. The molecule has 2 N–H and O–H groups in total. The Labute approximate surface area is 115 Å². The van der Waals surface area contributed by atoms with Crippen molar-refractivity contribution in [3.63, 3.8) is 0 Å². The summed E-state index contributed by atoms with van der Waals surface area (Å²) in [6, 6.07) is 6.53. The Kier molecular flexibility index (Phi) is 7.28. The van der Waals surface area contributed by atoms with E-state index in [2.05, 4.69) is 23.6 Å². The van der Waals surface area contributed by atoms with E-state index >= 15 is 0 Å². The van der Waals surface area contributed by atoms with Crippen molar-refractivity contribution in [2.24, 2.45) is 0 Å². The van der Waals surface area contributed by atoms with Gasteiger partial charge in [-0.3, -0.25) is 0 Å². The Bertz CT molecular complexity index is 358. The zero-order valence-corrected chi connectivity index (χ0v) is 12.2. The topological polar surface area (TPSA) is 33.3 Å². The maximum absolute atomic E-state index is 6.25. The van der Waals surface area contributed by atoms with E-state index < -0.39 is 0 Å². The minimum Gasteiger partial charge on any atom is -0.383 e. The van der Waals surface area contributed by atoms with Crippen molar-refractivity contribution in [1.82, 2.24) is 10.6 Å². The van der Waals surface area contributed by atoms with Gasteiger partial charge in [0.25, 0.3) is 0 Å². The molecule has 4 heteroatoms. The molecule has 1 aromatic carbocycles. The van der Waals surface area contributed by atoms with Gasteiger partial charge in [0.15, 0.2) is 0 Å². The molecule has 0 aliphatic carbocycles. The van der Waals surface area contributed by atoms with Gasteiger partial charge in [-0.05, 0) is 25.0 Å². The first-order valence-electron chi connectivity index (χ1n) is 6.32. The molecule has 0 saturated heterocycles. The van der Waals surface area contributed by atoms with Crippen molar-refractivity contribution in [1.29, 1.82) is 0 Å². The Morgan fingerprint density at radius 1 is 1.39 bits per heavy atom. The van der Waals surface area contributed by atoms with Crippen LogP contribution in [0, 0.1) is 6.92 Å². The molecule has 18 heavy (non-hydrogen) atoms. The molecule has 0 amide bonds. The maximum atomic E-state index is 6.25. The summed E-state index contributed by atoms with van der Waals surface area (Å²) in [7, 11) is 1.71. The second-order valence-corrected chi connectivity index (χ2v) is 4.90. The lowest BCUT2D eigenvalue weighted by molar-refractivity contribution is 0.198. The first kappa shape index (κ1) is 15.4. The zero-order valence-electron chi connectivity index (χ0n) is 11.4. The summed E-state index contributed by atoms with van der Waals surface area (Å²) in [5.41, 5.74) is 2.28. The normalized spacial score (nSPS) is 12.7. The molecule has 0 fully saturated rings. The SMILES string of the molecule is COCCNCC(C)NCc1cccc(C)c1Cl. The highest BCUT2D eigenvalue weighted by atomic mass is 35.5. The molecule has 102 valence electrons. The first-order valence-corrected chi connectivity index (χ1v) is 6.70. The molecule has 0 aromatic heterocycles. The van der Waals surface area contributed by atoms with Crippen molar-refractivity contribution in [3.05, 3.63) is 34.3 Å². The predicted molar refractivity (Wildman–Crippen MR) is 77.2 cm³/mol. The summed E-state index contributed by atoms with van der Waals surface area (Å²) in [4.78, 5) is 0. The molecule has 0 heterocycles. The second-order valence-electron chi connectivity index (χ2n) is 4.53. The van der Waals surface area contributed by atoms with E-state index in [-0.39, 0.29) is 0 Å². The van der Waals surface area contributed by atoms with E-state index in [1.807, 2.05) is 19.1 Å². The van der Waals surface area contributed by atoms with Crippen molar-refractivity contribution in [3.8, 4) is 0 Å². The molecular formula is C14H23ClN2O. The quantitative estimate of drug-likeness (QED) is 0.712. The largest absolute Gasteiger partial charge is 0.383 e. The summed E-state index contributed by atoms with van der Waals surface area (Å²) in [6.45, 7) is 7.54. The molecule has 1 rings (SSSR count). The van der Waals surface area contributed by atoms with Gasteiger partial charge < -0.3 is 15.4 Å². The highest BCUT2D eigenvalue weighted by Crippen LogP contribution is 2.19. The fourth-order valence-corrected chi connectivity index (χ4v) is 1.89. The number of benzene rings is 1. The minimum atomic E-state index is 0.401. The van der Waals surface area contributed by atoms with Gasteiger partial charge >= 0.3 is 0 Å². The molecule has 0 spiro atoms. The van der Waals surface area contributed by atoms with Gasteiger partial charge in [-0.1, -0.05) is 29.8 Å². The third kappa shape index (κ3) is 5.36. The lowest BCUT2D eigenvalue weighted by atomic mass is 10.1. The fraction of sp³-hybridized carbons (Fsp3) is 0.571. The van der Waals surface area contributed by atoms with Crippen molar-refractivity contribution in [2.75, 3.05) is 26.8 Å². The van der Waals surface area contributed by atoms with Crippen LogP contribution in [0.25, 0.3) is 0 Å². The number of nitrogens with one attached hydrogen (secondary N) is 2. The molecule has 0 radical (unpaired) electrons. The average molecular weight is 271 g/mol. The number of rotatable bonds is 8. The molecule has 3 nitrogen and oxygen atoms in total. The van der Waals surface area contributed by atoms with Crippen LogP contribution in [-0.4, -0.2) is 32.8 Å². The minimum absolute atomic E-state index is 0.401. The molecule has 1 atom stereocenters. The third-order valence-corrected chi connectivity index (χ3v) is 3.39. The first-order chi connectivity index (χ1) is 8.65. The zero-order chi connectivity index (χ0) is 13.4. The van der Waals surface area contributed by atoms with E-state index in [1.54, 1.807) is 7.11 Å². The van der Waals surface area contributed by atoms with Crippen LogP contribution < -0.4 is 10.6 Å². The Morgan fingerprint density at radius 3 is 2.89 bits per heavy atom. The van der Waals surface area contributed by atoms with Crippen molar-refractivity contribution >= 4 is 11.6 Å². The van der Waals surface area contributed by atoms with E-state index in [1.165, 1.54) is 0 Å². The molecular weight excluding hydrogens is 248 g/mol. The van der Waals surface area contributed by atoms with Gasteiger partial charge in [0, 0.05) is 37.8 Å². The standard InChI is InChI=1S/C14H23ClN2O/c1-11-5-4-6-13(14(11)15)10-17-12(2)9-16-7-8-18-3/h4-6,12,16-17H,7-10H2,1-3H3. The van der Waals surface area contributed by atoms with Gasteiger partial charge in [-0.2, -0.15) is 0 Å². The van der Waals surface area contributed by atoms with Gasteiger partial charge in [-0.25, -0.2) is 0 Å². The summed E-state index contributed by atoms with van der Waals surface area (Å²) < 4.78 is 4.98. The lowest BCUT2D eigenvalue weighted by Gasteiger charge is -2.15. The summed E-state index contributed by atoms with van der Waals surface area (Å²) in [5, 5.41) is 7.65. The smallest absolute Gasteiger partial charge is 0.0587 e. The van der Waals surface area contributed by atoms with Crippen LogP contribution >= 0.6 is 11.6 Å². The van der Waals surface area contributed by atoms with Crippen LogP contribution in [0.4, 0.5) is 0 Å². The van der Waals surface area contributed by atoms with Crippen LogP contribution in [0.2, 0.25) is 5.02 Å². The Hall–Kier alpha value is -0.610. The van der Waals surface area contributed by atoms with Crippen molar-refractivity contribution < 1.29 is 4.74 Å². The lowest BCUT2D eigenvalue weighted by Crippen LogP contribution is -2.37. The summed E-state index contributed by atoms with van der Waals surface area (Å²) in [6.07, 6.45) is 0. The number of ether oxygens (including phenoxy) is 1. The molecule has 0 saturated carbocycles. The number of hydrogen-bond donors (Lipinski definition) is 2. The molecule has 1 unspecified atom stereocenters. The Balaban J connectivity index is 2.29. The van der Waals surface area contributed by atoms with Gasteiger partial charge in [-0.15, -0.1) is 0 Å². The van der Waals surface area contributed by atoms with Gasteiger partial charge in [0.1, 0.15) is 0 Å². The second kappa shape index (κ2) is 8.48. The van der Waals surface area contributed by atoms with Crippen LogP contribution in [0.1, 0.15) is 18.1 Å². The van der Waals surface area contributed by atoms with Crippen LogP contribution in [0.5, 0.6) is 0 Å². The van der Waals surface area contributed by atoms with E-state index in [0.717, 1.165) is 42.4 Å². The average Bonchev–Trinajstić information content (AvgIpc) is 2.36. The number of aryl methyl sites for hydroxylation is 1. The van der Waals surface area contributed by atoms with Crippen LogP contribution in [0.3, 0.4) is 0 Å². The van der Waals surface area contributed by atoms with Crippen LogP contribution in [-0.2, 0) is 11.3 Å². The highest BCUT2D eigenvalue weighted by molar-refractivity contribution is 6.32. The van der Waals surface area contributed by atoms with Crippen molar-refractivity contribution in [2.45, 2.75) is 26.4 Å². The van der Waals surface area contributed by atoms with E-state index in [9.17, 15) is 0 Å². The Morgan fingerprint density at radius 2 is 2.17 bits per heavy atom. The van der Waals surface area contributed by atoms with E-state index in [4.69, 9.17) is 16.3 Å². The van der Waals surface area contributed by atoms with Crippen LogP contribution in [0.15, 0.2) is 18.2 Å². The third-order valence-electron chi connectivity index (χ3n) is 2.85. The monoisotopic (exact) mass is 270 g/mol. The maximum Gasteiger partial charge on any atom is 0.0587 e. The van der Waals surface area contributed by atoms with Gasteiger partial charge in [0.05, 0.1) is 6.61 Å². The van der Waals surface area contributed by atoms with Gasteiger partial charge in [0.2, 0.25) is 0 Å². The predicted octanol–water partition coefficient (Wildman–Crippen LogP) is 2.36. The molecule has 0 aliphatic heterocycles. The summed E-state index contributed by atoms with van der Waals surface area (Å²) in [5.74, 6) is 0. The molecule has 0 bridgehead atoms. The molecule has 1 aromatic rings. The number of methoxy groups -OCH3 is 1. The highest BCUT2D eigenvalue weighted by Gasteiger charge is 2.05. The number of halogens is 1. The van der Waals surface area contributed by atoms with E-state index in [0.29, 0.717) is 6.04 Å². The molecule has 0 aliphatic rings. The fourth-order valence-electron chi connectivity index (χ4n) is 1.69.